The molecule has 3 rings (SSSR count). The SMILES string of the molecule is COc1cc(C#N)ccc1OCc1nnnn1-c1ccc(OC(F)F)cc1. The second-order valence-electron chi connectivity index (χ2n) is 5.15. The van der Waals surface area contributed by atoms with E-state index in [-0.39, 0.29) is 12.4 Å². The minimum Gasteiger partial charge on any atom is -0.493 e. The number of hydrogen-bond acceptors (Lipinski definition) is 7. The third-order valence-corrected chi connectivity index (χ3v) is 3.49. The molecule has 0 fully saturated rings. The lowest BCUT2D eigenvalue weighted by Gasteiger charge is -2.11. The Hall–Kier alpha value is -3.74. The zero-order chi connectivity index (χ0) is 19.2. The molecule has 0 N–H and O–H groups in total. The molecule has 0 radical (unpaired) electrons. The van der Waals surface area contributed by atoms with E-state index in [1.54, 1.807) is 30.3 Å². The molecule has 10 heteroatoms. The monoisotopic (exact) mass is 373 g/mol. The maximum atomic E-state index is 12.2. The van der Waals surface area contributed by atoms with Crippen molar-refractivity contribution in [1.29, 1.82) is 5.26 Å². The molecule has 1 aromatic heterocycles. The van der Waals surface area contributed by atoms with Gasteiger partial charge in [-0.25, -0.2) is 0 Å². The fraction of sp³-hybridized carbons (Fsp3) is 0.176. The van der Waals surface area contributed by atoms with Gasteiger partial charge in [0.1, 0.15) is 5.75 Å². The van der Waals surface area contributed by atoms with Crippen LogP contribution in [-0.2, 0) is 6.61 Å². The average molecular weight is 373 g/mol. The van der Waals surface area contributed by atoms with Gasteiger partial charge < -0.3 is 14.2 Å². The number of nitriles is 1. The highest BCUT2D eigenvalue weighted by molar-refractivity contribution is 5.46. The van der Waals surface area contributed by atoms with Crippen LogP contribution in [-0.4, -0.2) is 33.9 Å². The second-order valence-corrected chi connectivity index (χ2v) is 5.15. The summed E-state index contributed by atoms with van der Waals surface area (Å²) in [4.78, 5) is 0. The predicted molar refractivity (Wildman–Crippen MR) is 87.8 cm³/mol. The number of methoxy groups -OCH3 is 1. The van der Waals surface area contributed by atoms with E-state index >= 15 is 0 Å². The van der Waals surface area contributed by atoms with E-state index in [4.69, 9.17) is 14.7 Å². The molecule has 1 heterocycles. The fourth-order valence-corrected chi connectivity index (χ4v) is 2.26. The second kappa shape index (κ2) is 8.09. The third kappa shape index (κ3) is 4.27. The highest BCUT2D eigenvalue weighted by atomic mass is 19.3. The molecule has 0 spiro atoms. The summed E-state index contributed by atoms with van der Waals surface area (Å²) in [5.74, 6) is 1.24. The van der Waals surface area contributed by atoms with E-state index in [1.807, 2.05) is 6.07 Å². The number of halogens is 2. The lowest BCUT2D eigenvalue weighted by atomic mass is 10.2. The maximum Gasteiger partial charge on any atom is 0.387 e. The molecule has 2 aromatic carbocycles. The van der Waals surface area contributed by atoms with Crippen molar-refractivity contribution in [3.8, 4) is 29.0 Å². The summed E-state index contributed by atoms with van der Waals surface area (Å²) in [7, 11) is 1.47. The number of rotatable bonds is 7. The molecule has 0 amide bonds. The number of benzene rings is 2. The number of ether oxygens (including phenoxy) is 3. The topological polar surface area (TPSA) is 95.1 Å². The molecule has 0 aliphatic heterocycles. The molecule has 0 bridgehead atoms. The zero-order valence-corrected chi connectivity index (χ0v) is 14.0. The first-order chi connectivity index (χ1) is 13.1. The molecule has 0 unspecified atom stereocenters. The summed E-state index contributed by atoms with van der Waals surface area (Å²) < 4.78 is 41.1. The molecular formula is C17H13F2N5O3. The largest absolute Gasteiger partial charge is 0.493 e. The predicted octanol–water partition coefficient (Wildman–Crippen LogP) is 2.72. The quantitative estimate of drug-likeness (QED) is 0.628. The fourth-order valence-electron chi connectivity index (χ4n) is 2.26. The Kier molecular flexibility index (Phi) is 5.41. The first kappa shape index (κ1) is 18.1. The Morgan fingerprint density at radius 2 is 1.93 bits per heavy atom. The van der Waals surface area contributed by atoms with Gasteiger partial charge in [-0.2, -0.15) is 18.7 Å². The van der Waals surface area contributed by atoms with Crippen LogP contribution in [0.15, 0.2) is 42.5 Å². The van der Waals surface area contributed by atoms with Crippen molar-refractivity contribution >= 4 is 0 Å². The van der Waals surface area contributed by atoms with Gasteiger partial charge in [-0.3, -0.25) is 0 Å². The Bertz CT molecular complexity index is 954. The van der Waals surface area contributed by atoms with Crippen molar-refractivity contribution in [2.24, 2.45) is 0 Å². The minimum absolute atomic E-state index is 0.0184. The van der Waals surface area contributed by atoms with Gasteiger partial charge in [0.15, 0.2) is 23.9 Å². The summed E-state index contributed by atoms with van der Waals surface area (Å²) >= 11 is 0. The van der Waals surface area contributed by atoms with Gasteiger partial charge in [0.2, 0.25) is 0 Å². The van der Waals surface area contributed by atoms with Crippen LogP contribution in [0.3, 0.4) is 0 Å². The van der Waals surface area contributed by atoms with Gasteiger partial charge in [-0.15, -0.1) is 5.10 Å². The van der Waals surface area contributed by atoms with Crippen molar-refractivity contribution < 1.29 is 23.0 Å². The number of alkyl halides is 2. The molecular weight excluding hydrogens is 360 g/mol. The van der Waals surface area contributed by atoms with Crippen LogP contribution < -0.4 is 14.2 Å². The van der Waals surface area contributed by atoms with Crippen molar-refractivity contribution in [2.75, 3.05) is 7.11 Å². The van der Waals surface area contributed by atoms with E-state index in [1.165, 1.54) is 23.9 Å². The molecule has 0 aliphatic carbocycles. The molecule has 0 aliphatic rings. The first-order valence-electron chi connectivity index (χ1n) is 7.64. The van der Waals surface area contributed by atoms with Crippen LogP contribution in [0.25, 0.3) is 5.69 Å². The number of nitrogens with zero attached hydrogens (tertiary/aromatic N) is 5. The van der Waals surface area contributed by atoms with Gasteiger partial charge in [0.05, 0.1) is 24.4 Å². The Labute approximate surface area is 152 Å². The van der Waals surface area contributed by atoms with Crippen LogP contribution in [0.4, 0.5) is 8.78 Å². The van der Waals surface area contributed by atoms with E-state index < -0.39 is 6.61 Å². The Morgan fingerprint density at radius 3 is 2.59 bits per heavy atom. The zero-order valence-electron chi connectivity index (χ0n) is 14.0. The van der Waals surface area contributed by atoms with Crippen LogP contribution in [0.5, 0.6) is 17.2 Å². The van der Waals surface area contributed by atoms with Crippen LogP contribution in [0.2, 0.25) is 0 Å². The molecule has 3 aromatic rings. The molecule has 0 atom stereocenters. The molecule has 0 saturated carbocycles. The summed E-state index contributed by atoms with van der Waals surface area (Å²) in [6, 6.07) is 12.6. The van der Waals surface area contributed by atoms with Crippen molar-refractivity contribution in [2.45, 2.75) is 13.2 Å². The van der Waals surface area contributed by atoms with Gasteiger partial charge in [-0.1, -0.05) is 0 Å². The Morgan fingerprint density at radius 1 is 1.15 bits per heavy atom. The van der Waals surface area contributed by atoms with Crippen molar-refractivity contribution in [1.82, 2.24) is 20.2 Å². The summed E-state index contributed by atoms with van der Waals surface area (Å²) in [5, 5.41) is 20.3. The lowest BCUT2D eigenvalue weighted by molar-refractivity contribution is -0.0498. The van der Waals surface area contributed by atoms with Crippen molar-refractivity contribution in [3.63, 3.8) is 0 Å². The van der Waals surface area contributed by atoms with E-state index in [0.29, 0.717) is 28.6 Å². The van der Waals surface area contributed by atoms with Gasteiger partial charge in [-0.05, 0) is 46.8 Å². The van der Waals surface area contributed by atoms with Crippen molar-refractivity contribution in [3.05, 3.63) is 53.9 Å². The highest BCUT2D eigenvalue weighted by Gasteiger charge is 2.12. The van der Waals surface area contributed by atoms with E-state index in [0.717, 1.165) is 0 Å². The third-order valence-electron chi connectivity index (χ3n) is 3.49. The normalized spacial score (nSPS) is 10.5. The Balaban J connectivity index is 1.75. The van der Waals surface area contributed by atoms with Gasteiger partial charge in [0.25, 0.3) is 0 Å². The number of aromatic nitrogens is 4. The van der Waals surface area contributed by atoms with Crippen LogP contribution >= 0.6 is 0 Å². The molecule has 8 nitrogen and oxygen atoms in total. The molecule has 138 valence electrons. The van der Waals surface area contributed by atoms with Gasteiger partial charge in [0, 0.05) is 6.07 Å². The van der Waals surface area contributed by atoms with Crippen LogP contribution in [0, 0.1) is 11.3 Å². The number of tetrazole rings is 1. The summed E-state index contributed by atoms with van der Waals surface area (Å²) in [6.45, 7) is -2.87. The average Bonchev–Trinajstić information content (AvgIpc) is 3.15. The maximum absolute atomic E-state index is 12.2. The number of hydrogen-bond donors (Lipinski definition) is 0. The molecule has 0 saturated heterocycles. The minimum atomic E-state index is -2.89. The van der Waals surface area contributed by atoms with E-state index in [2.05, 4.69) is 20.3 Å². The summed E-state index contributed by atoms with van der Waals surface area (Å²) in [5.41, 5.74) is 0.988. The smallest absolute Gasteiger partial charge is 0.387 e. The van der Waals surface area contributed by atoms with E-state index in [9.17, 15) is 8.78 Å². The standard InChI is InChI=1S/C17H13F2N5O3/c1-25-15-8-11(9-20)2-7-14(15)26-10-16-21-22-23-24(16)12-3-5-13(6-4-12)27-17(18)19/h2-8,17H,10H2,1H3. The van der Waals surface area contributed by atoms with Crippen LogP contribution in [0.1, 0.15) is 11.4 Å². The first-order valence-corrected chi connectivity index (χ1v) is 7.64. The highest BCUT2D eigenvalue weighted by Crippen LogP contribution is 2.28. The van der Waals surface area contributed by atoms with Gasteiger partial charge >= 0.3 is 6.61 Å². The summed E-state index contributed by atoms with van der Waals surface area (Å²) in [6.07, 6.45) is 0. The lowest BCUT2D eigenvalue weighted by Crippen LogP contribution is -2.08. The molecule has 27 heavy (non-hydrogen) atoms.